The molecule has 1 saturated heterocycles. The molecule has 0 aliphatic carbocycles. The summed E-state index contributed by atoms with van der Waals surface area (Å²) in [6.45, 7) is 2.16. The Balaban J connectivity index is 2.13. The summed E-state index contributed by atoms with van der Waals surface area (Å²) in [6.07, 6.45) is 1.12. The summed E-state index contributed by atoms with van der Waals surface area (Å²) in [5.74, 6) is 0.756. The molecule has 1 N–H and O–H groups in total. The quantitative estimate of drug-likeness (QED) is 0.855. The standard InChI is InChI=1S/C11H13ClFNS/c1-2-8-6-15-11(14-8)7-3-4-10(13)9(12)5-7/h3-5,8,11,14H,2,6H2,1H3. The summed E-state index contributed by atoms with van der Waals surface area (Å²) < 4.78 is 13.0. The molecule has 2 atom stereocenters. The third kappa shape index (κ3) is 2.47. The largest absolute Gasteiger partial charge is 0.298 e. The Bertz CT molecular complexity index is 358. The van der Waals surface area contributed by atoms with Gasteiger partial charge in [-0.1, -0.05) is 24.6 Å². The zero-order valence-electron chi connectivity index (χ0n) is 8.47. The van der Waals surface area contributed by atoms with Crippen LogP contribution in [0.25, 0.3) is 0 Å². The van der Waals surface area contributed by atoms with Crippen molar-refractivity contribution in [2.45, 2.75) is 24.8 Å². The zero-order chi connectivity index (χ0) is 10.8. The lowest BCUT2D eigenvalue weighted by molar-refractivity contribution is 0.560. The van der Waals surface area contributed by atoms with Crippen molar-refractivity contribution in [3.05, 3.63) is 34.6 Å². The van der Waals surface area contributed by atoms with Gasteiger partial charge in [0.05, 0.1) is 10.4 Å². The molecule has 15 heavy (non-hydrogen) atoms. The first-order valence-corrected chi connectivity index (χ1v) is 6.46. The summed E-state index contributed by atoms with van der Waals surface area (Å²) in [6, 6.07) is 5.49. The number of nitrogens with one attached hydrogen (secondary N) is 1. The van der Waals surface area contributed by atoms with Crippen LogP contribution in [0.1, 0.15) is 24.3 Å². The summed E-state index contributed by atoms with van der Waals surface area (Å²) in [5.41, 5.74) is 1.06. The second kappa shape index (κ2) is 4.73. The molecule has 1 nitrogen and oxygen atoms in total. The van der Waals surface area contributed by atoms with E-state index in [4.69, 9.17) is 11.6 Å². The van der Waals surface area contributed by atoms with Crippen molar-refractivity contribution in [3.8, 4) is 0 Å². The van der Waals surface area contributed by atoms with Crippen molar-refractivity contribution >= 4 is 23.4 Å². The van der Waals surface area contributed by atoms with E-state index in [0.29, 0.717) is 6.04 Å². The Morgan fingerprint density at radius 2 is 2.40 bits per heavy atom. The third-order valence-electron chi connectivity index (χ3n) is 2.59. The van der Waals surface area contributed by atoms with E-state index in [-0.39, 0.29) is 16.2 Å². The molecule has 0 bridgehead atoms. The van der Waals surface area contributed by atoms with Gasteiger partial charge in [-0.3, -0.25) is 5.32 Å². The summed E-state index contributed by atoms with van der Waals surface area (Å²) in [7, 11) is 0. The minimum Gasteiger partial charge on any atom is -0.298 e. The third-order valence-corrected chi connectivity index (χ3v) is 4.22. The summed E-state index contributed by atoms with van der Waals surface area (Å²) >= 11 is 7.60. The van der Waals surface area contributed by atoms with Crippen LogP contribution >= 0.6 is 23.4 Å². The predicted molar refractivity (Wildman–Crippen MR) is 63.8 cm³/mol. The molecule has 1 aliphatic rings. The van der Waals surface area contributed by atoms with Gasteiger partial charge in [0.25, 0.3) is 0 Å². The summed E-state index contributed by atoms with van der Waals surface area (Å²) in [4.78, 5) is 0. The van der Waals surface area contributed by atoms with Gasteiger partial charge in [0, 0.05) is 11.8 Å². The fourth-order valence-corrected chi connectivity index (χ4v) is 3.20. The minimum atomic E-state index is -0.351. The van der Waals surface area contributed by atoms with Gasteiger partial charge in [0.1, 0.15) is 5.82 Å². The first kappa shape index (κ1) is 11.2. The van der Waals surface area contributed by atoms with Crippen molar-refractivity contribution in [3.63, 3.8) is 0 Å². The Morgan fingerprint density at radius 3 is 3.00 bits per heavy atom. The van der Waals surface area contributed by atoms with Crippen LogP contribution in [0.15, 0.2) is 18.2 Å². The topological polar surface area (TPSA) is 12.0 Å². The maximum atomic E-state index is 13.0. The van der Waals surface area contributed by atoms with E-state index >= 15 is 0 Å². The van der Waals surface area contributed by atoms with E-state index in [0.717, 1.165) is 17.7 Å². The number of hydrogen-bond donors (Lipinski definition) is 1. The highest BCUT2D eigenvalue weighted by atomic mass is 35.5. The Morgan fingerprint density at radius 1 is 1.60 bits per heavy atom. The highest BCUT2D eigenvalue weighted by molar-refractivity contribution is 7.99. The van der Waals surface area contributed by atoms with Crippen LogP contribution in [0.4, 0.5) is 4.39 Å². The maximum Gasteiger partial charge on any atom is 0.141 e. The molecule has 4 heteroatoms. The summed E-state index contributed by atoms with van der Waals surface area (Å²) in [5, 5.41) is 3.95. The molecule has 0 amide bonds. The number of benzene rings is 1. The second-order valence-corrected chi connectivity index (χ2v) is 5.20. The molecule has 1 heterocycles. The molecule has 0 spiro atoms. The number of hydrogen-bond acceptors (Lipinski definition) is 2. The van der Waals surface area contributed by atoms with Gasteiger partial charge < -0.3 is 0 Å². The van der Waals surface area contributed by atoms with Gasteiger partial charge in [0.15, 0.2) is 0 Å². The minimum absolute atomic E-state index is 0.204. The second-order valence-electron chi connectivity index (χ2n) is 3.66. The molecule has 1 fully saturated rings. The molecule has 1 aromatic carbocycles. The number of halogens is 2. The molecule has 1 aromatic rings. The maximum absolute atomic E-state index is 13.0. The van der Waals surface area contributed by atoms with Gasteiger partial charge in [-0.15, -0.1) is 11.8 Å². The fourth-order valence-electron chi connectivity index (χ4n) is 1.63. The van der Waals surface area contributed by atoms with Crippen LogP contribution < -0.4 is 5.32 Å². The van der Waals surface area contributed by atoms with Gasteiger partial charge in [-0.05, 0) is 24.1 Å². The highest BCUT2D eigenvalue weighted by Crippen LogP contribution is 2.34. The predicted octanol–water partition coefficient (Wildman–Crippen LogP) is 3.59. The van der Waals surface area contributed by atoms with E-state index in [2.05, 4.69) is 12.2 Å². The fraction of sp³-hybridized carbons (Fsp3) is 0.455. The Hall–Kier alpha value is -0.250. The monoisotopic (exact) mass is 245 g/mol. The molecule has 82 valence electrons. The number of rotatable bonds is 2. The van der Waals surface area contributed by atoms with Crippen LogP contribution in [-0.4, -0.2) is 11.8 Å². The first-order chi connectivity index (χ1) is 7.20. The molecule has 0 aromatic heterocycles. The molecular weight excluding hydrogens is 233 g/mol. The van der Waals surface area contributed by atoms with Crippen LogP contribution in [0, 0.1) is 5.82 Å². The SMILES string of the molecule is CCC1CSC(c2ccc(F)c(Cl)c2)N1. The van der Waals surface area contributed by atoms with Crippen LogP contribution in [-0.2, 0) is 0 Å². The molecule has 2 unspecified atom stereocenters. The lowest BCUT2D eigenvalue weighted by Crippen LogP contribution is -2.24. The molecule has 0 saturated carbocycles. The first-order valence-electron chi connectivity index (χ1n) is 5.03. The van der Waals surface area contributed by atoms with E-state index < -0.39 is 0 Å². The van der Waals surface area contributed by atoms with Crippen LogP contribution in [0.2, 0.25) is 5.02 Å². The molecule has 1 aliphatic heterocycles. The van der Waals surface area contributed by atoms with Crippen molar-refractivity contribution in [1.29, 1.82) is 0 Å². The lowest BCUT2D eigenvalue weighted by atomic mass is 10.2. The zero-order valence-corrected chi connectivity index (χ0v) is 10.0. The molecule has 0 radical (unpaired) electrons. The smallest absolute Gasteiger partial charge is 0.141 e. The Kier molecular flexibility index (Phi) is 3.54. The van der Waals surface area contributed by atoms with Gasteiger partial charge in [0.2, 0.25) is 0 Å². The molecular formula is C11H13ClFNS. The van der Waals surface area contributed by atoms with E-state index in [1.54, 1.807) is 12.1 Å². The average molecular weight is 246 g/mol. The van der Waals surface area contributed by atoms with Gasteiger partial charge >= 0.3 is 0 Å². The number of thioether (sulfide) groups is 1. The van der Waals surface area contributed by atoms with Crippen molar-refractivity contribution in [2.24, 2.45) is 0 Å². The highest BCUT2D eigenvalue weighted by Gasteiger charge is 2.24. The van der Waals surface area contributed by atoms with E-state index in [9.17, 15) is 4.39 Å². The van der Waals surface area contributed by atoms with Crippen LogP contribution in [0.5, 0.6) is 0 Å². The molecule has 2 rings (SSSR count). The van der Waals surface area contributed by atoms with Crippen LogP contribution in [0.3, 0.4) is 0 Å². The van der Waals surface area contributed by atoms with E-state index in [1.807, 2.05) is 11.8 Å². The normalized spacial score (nSPS) is 25.8. The van der Waals surface area contributed by atoms with Crippen molar-refractivity contribution in [1.82, 2.24) is 5.32 Å². The van der Waals surface area contributed by atoms with Crippen molar-refractivity contribution in [2.75, 3.05) is 5.75 Å². The average Bonchev–Trinajstić information content (AvgIpc) is 2.70. The van der Waals surface area contributed by atoms with Gasteiger partial charge in [-0.25, -0.2) is 4.39 Å². The van der Waals surface area contributed by atoms with E-state index in [1.165, 1.54) is 6.07 Å². The Labute approximate surface area is 98.4 Å². The van der Waals surface area contributed by atoms with Gasteiger partial charge in [-0.2, -0.15) is 0 Å². The van der Waals surface area contributed by atoms with Crippen molar-refractivity contribution < 1.29 is 4.39 Å². The lowest BCUT2D eigenvalue weighted by Gasteiger charge is -2.12.